The molecule has 172 valence electrons. The van der Waals surface area contributed by atoms with Gasteiger partial charge in [-0.15, -0.1) is 0 Å². The number of nitrogens with zero attached hydrogens (tertiary/aromatic N) is 4. The van der Waals surface area contributed by atoms with Gasteiger partial charge in [-0.05, 0) is 47.9 Å². The van der Waals surface area contributed by atoms with E-state index in [1.165, 1.54) is 4.90 Å². The third-order valence-electron chi connectivity index (χ3n) is 5.78. The van der Waals surface area contributed by atoms with Crippen molar-refractivity contribution >= 4 is 29.4 Å². The Morgan fingerprint density at radius 1 is 1.18 bits per heavy atom. The highest BCUT2D eigenvalue weighted by molar-refractivity contribution is 6.05. The van der Waals surface area contributed by atoms with Gasteiger partial charge in [-0.2, -0.15) is 5.10 Å². The Labute approximate surface area is 194 Å². The number of fused-ring (bicyclic) bond motifs is 1. The second-order valence-electron chi connectivity index (χ2n) is 8.05. The fourth-order valence-electron chi connectivity index (χ4n) is 4.07. The number of carbonyl (C=O) groups excluding carboxylic acids is 4. The number of piperidine rings is 1. The van der Waals surface area contributed by atoms with Gasteiger partial charge in [0.1, 0.15) is 6.04 Å². The molecule has 1 aromatic carbocycles. The molecule has 34 heavy (non-hydrogen) atoms. The van der Waals surface area contributed by atoms with Crippen molar-refractivity contribution in [3.63, 3.8) is 0 Å². The molecular formula is C23H21N7O4. The van der Waals surface area contributed by atoms with Crippen molar-refractivity contribution in [2.24, 2.45) is 0 Å². The maximum Gasteiger partial charge on any atom is 0.319 e. The number of pyridine rings is 1. The van der Waals surface area contributed by atoms with E-state index < -0.39 is 18.0 Å². The molecule has 5 rings (SSSR count). The number of amides is 5. The number of aromatic nitrogens is 3. The van der Waals surface area contributed by atoms with Crippen LogP contribution in [0, 0.1) is 0 Å². The van der Waals surface area contributed by atoms with Gasteiger partial charge in [0.25, 0.3) is 5.91 Å². The van der Waals surface area contributed by atoms with Gasteiger partial charge in [0.2, 0.25) is 11.8 Å². The highest BCUT2D eigenvalue weighted by Crippen LogP contribution is 2.29. The SMILES string of the molecule is O=C1CCC(N2Cc3cc(NC(=O)NCc4ccc(-n5cccn5)nc4)ccc3C2=O)C(=O)N1. The van der Waals surface area contributed by atoms with Crippen molar-refractivity contribution in [3.8, 4) is 5.82 Å². The Balaban J connectivity index is 1.18. The van der Waals surface area contributed by atoms with Gasteiger partial charge in [-0.3, -0.25) is 19.7 Å². The molecule has 0 bridgehead atoms. The van der Waals surface area contributed by atoms with E-state index in [1.54, 1.807) is 41.5 Å². The van der Waals surface area contributed by atoms with Gasteiger partial charge in [-0.1, -0.05) is 6.07 Å². The topological polar surface area (TPSA) is 138 Å². The van der Waals surface area contributed by atoms with Crippen LogP contribution in [0.2, 0.25) is 0 Å². The van der Waals surface area contributed by atoms with E-state index in [4.69, 9.17) is 0 Å². The molecule has 5 amide bonds. The first-order valence-electron chi connectivity index (χ1n) is 10.8. The monoisotopic (exact) mass is 459 g/mol. The van der Waals surface area contributed by atoms with Crippen LogP contribution in [-0.4, -0.2) is 49.5 Å². The van der Waals surface area contributed by atoms with Gasteiger partial charge >= 0.3 is 6.03 Å². The molecule has 11 nitrogen and oxygen atoms in total. The normalized spacial score (nSPS) is 17.4. The first-order valence-corrected chi connectivity index (χ1v) is 10.8. The van der Waals surface area contributed by atoms with Gasteiger partial charge in [0.15, 0.2) is 5.82 Å². The predicted molar refractivity (Wildman–Crippen MR) is 120 cm³/mol. The Kier molecular flexibility index (Phi) is 5.50. The van der Waals surface area contributed by atoms with Crippen molar-refractivity contribution < 1.29 is 19.2 Å². The number of carbonyl (C=O) groups is 4. The fourth-order valence-corrected chi connectivity index (χ4v) is 4.07. The maximum absolute atomic E-state index is 12.8. The molecule has 0 saturated carbocycles. The van der Waals surface area contributed by atoms with Crippen molar-refractivity contribution in [3.05, 3.63) is 71.7 Å². The number of hydrogen-bond donors (Lipinski definition) is 3. The summed E-state index contributed by atoms with van der Waals surface area (Å²) >= 11 is 0. The highest BCUT2D eigenvalue weighted by atomic mass is 16.2. The largest absolute Gasteiger partial charge is 0.334 e. The Hall–Kier alpha value is -4.54. The Morgan fingerprint density at radius 3 is 2.79 bits per heavy atom. The third kappa shape index (κ3) is 4.22. The van der Waals surface area contributed by atoms with E-state index in [0.29, 0.717) is 29.1 Å². The predicted octanol–water partition coefficient (Wildman–Crippen LogP) is 1.35. The van der Waals surface area contributed by atoms with Gasteiger partial charge in [-0.25, -0.2) is 14.5 Å². The molecule has 1 atom stereocenters. The first kappa shape index (κ1) is 21.3. The zero-order chi connectivity index (χ0) is 23.7. The molecule has 3 N–H and O–H groups in total. The average Bonchev–Trinajstić information content (AvgIpc) is 3.47. The summed E-state index contributed by atoms with van der Waals surface area (Å²) in [5.74, 6) is -0.362. The molecule has 1 fully saturated rings. The quantitative estimate of drug-likeness (QED) is 0.493. The van der Waals surface area contributed by atoms with Crippen LogP contribution in [0.15, 0.2) is 55.0 Å². The summed E-state index contributed by atoms with van der Waals surface area (Å²) in [5.41, 5.74) is 2.55. The molecule has 4 heterocycles. The van der Waals surface area contributed by atoms with Gasteiger partial charge in [0.05, 0.1) is 0 Å². The second-order valence-corrected chi connectivity index (χ2v) is 8.05. The number of rotatable bonds is 5. The standard InChI is InChI=1S/C23H21N7O4/c31-20-7-5-18(21(32)28-20)29-13-15-10-16(3-4-17(15)22(29)33)27-23(34)25-12-14-2-6-19(24-11-14)30-9-1-8-26-30/h1-4,6,8-11,18H,5,7,12-13H2,(H2,25,27,34)(H,28,31,32). The Bertz CT molecular complexity index is 1270. The van der Waals surface area contributed by atoms with E-state index in [0.717, 1.165) is 5.56 Å². The molecule has 11 heteroatoms. The second kappa shape index (κ2) is 8.77. The first-order chi connectivity index (χ1) is 16.5. The average molecular weight is 459 g/mol. The summed E-state index contributed by atoms with van der Waals surface area (Å²) < 4.78 is 1.64. The third-order valence-corrected chi connectivity index (χ3v) is 5.78. The summed E-state index contributed by atoms with van der Waals surface area (Å²) in [5, 5.41) is 11.9. The molecule has 2 aliphatic heterocycles. The molecule has 1 saturated heterocycles. The van der Waals surface area contributed by atoms with Crippen molar-refractivity contribution in [1.29, 1.82) is 0 Å². The molecule has 1 unspecified atom stereocenters. The summed E-state index contributed by atoms with van der Waals surface area (Å²) in [6.45, 7) is 0.525. The van der Waals surface area contributed by atoms with Crippen LogP contribution < -0.4 is 16.0 Å². The lowest BCUT2D eigenvalue weighted by atomic mass is 10.0. The van der Waals surface area contributed by atoms with E-state index >= 15 is 0 Å². The fraction of sp³-hybridized carbons (Fsp3) is 0.217. The van der Waals surface area contributed by atoms with Crippen molar-refractivity contribution in [1.82, 2.24) is 30.3 Å². The van der Waals surface area contributed by atoms with E-state index in [2.05, 4.69) is 26.0 Å². The van der Waals surface area contributed by atoms with Gasteiger partial charge in [0, 0.05) is 49.4 Å². The lowest BCUT2D eigenvalue weighted by Crippen LogP contribution is -2.52. The number of benzene rings is 1. The summed E-state index contributed by atoms with van der Waals surface area (Å²) in [6, 6.07) is 9.40. The number of nitrogens with one attached hydrogen (secondary N) is 3. The molecular weight excluding hydrogens is 438 g/mol. The summed E-state index contributed by atoms with van der Waals surface area (Å²) in [6.07, 6.45) is 5.63. The van der Waals surface area contributed by atoms with Crippen LogP contribution in [-0.2, 0) is 22.7 Å². The number of hydrogen-bond acceptors (Lipinski definition) is 6. The number of urea groups is 1. The van der Waals surface area contributed by atoms with Crippen molar-refractivity contribution in [2.45, 2.75) is 32.0 Å². The van der Waals surface area contributed by atoms with E-state index in [1.807, 2.05) is 18.2 Å². The van der Waals surface area contributed by atoms with Crippen LogP contribution in [0.3, 0.4) is 0 Å². The lowest BCUT2D eigenvalue weighted by Gasteiger charge is -2.29. The highest BCUT2D eigenvalue weighted by Gasteiger charge is 2.39. The number of anilines is 1. The molecule has 0 aliphatic carbocycles. The Morgan fingerprint density at radius 2 is 2.06 bits per heavy atom. The zero-order valence-corrected chi connectivity index (χ0v) is 18.0. The summed E-state index contributed by atoms with van der Waals surface area (Å²) in [4.78, 5) is 54.5. The molecule has 2 aliphatic rings. The van der Waals surface area contributed by atoms with Gasteiger partial charge < -0.3 is 15.5 Å². The molecule has 0 spiro atoms. The zero-order valence-electron chi connectivity index (χ0n) is 18.0. The smallest absolute Gasteiger partial charge is 0.319 e. The summed E-state index contributed by atoms with van der Waals surface area (Å²) in [7, 11) is 0. The maximum atomic E-state index is 12.8. The van der Waals surface area contributed by atoms with Crippen LogP contribution in [0.25, 0.3) is 5.82 Å². The minimum atomic E-state index is -0.675. The molecule has 3 aromatic rings. The lowest BCUT2D eigenvalue weighted by molar-refractivity contribution is -0.136. The molecule has 2 aromatic heterocycles. The van der Waals surface area contributed by atoms with E-state index in [-0.39, 0.29) is 31.3 Å². The van der Waals surface area contributed by atoms with E-state index in [9.17, 15) is 19.2 Å². The van der Waals surface area contributed by atoms with Crippen molar-refractivity contribution in [2.75, 3.05) is 5.32 Å². The number of imide groups is 1. The van der Waals surface area contributed by atoms with Crippen LogP contribution in [0.4, 0.5) is 10.5 Å². The van der Waals surface area contributed by atoms with Crippen LogP contribution >= 0.6 is 0 Å². The minimum Gasteiger partial charge on any atom is -0.334 e. The van der Waals surface area contributed by atoms with Crippen LogP contribution in [0.1, 0.15) is 34.3 Å². The van der Waals surface area contributed by atoms with Crippen LogP contribution in [0.5, 0.6) is 0 Å². The molecule has 0 radical (unpaired) electrons. The minimum absolute atomic E-state index is 0.199.